The van der Waals surface area contributed by atoms with E-state index in [1.807, 2.05) is 0 Å². The van der Waals surface area contributed by atoms with Crippen LogP contribution in [-0.2, 0) is 46.5 Å². The van der Waals surface area contributed by atoms with E-state index in [2.05, 4.69) is 0 Å². The molecule has 1 aliphatic rings. The summed E-state index contributed by atoms with van der Waals surface area (Å²) < 4.78 is 250. The summed E-state index contributed by atoms with van der Waals surface area (Å²) >= 11 is 5.27. The standard InChI is InChI=1S/C37H17F15NO4PS2/c38-33(39,40)21-9-19(10-22(15-21)34(41,42)43)27-13-17-5-1-3-7-25(17)29-30-26-8-4-2-6-18(26)14-28(20-11-23(35(44,45)46)16-24(12-20)36(47,48)49)32(30)57-58(59,56-31(27)29)53-60(54,55)37(50,51)52/h1-16H,(H,53,59). The maximum atomic E-state index is 14.2. The van der Waals surface area contributed by atoms with Gasteiger partial charge in [0.05, 0.1) is 22.3 Å². The van der Waals surface area contributed by atoms with Crippen LogP contribution in [0.5, 0.6) is 11.5 Å². The topological polar surface area (TPSA) is 64.6 Å². The Morgan fingerprint density at radius 3 is 1.10 bits per heavy atom. The lowest BCUT2D eigenvalue weighted by molar-refractivity contribution is -0.144. The third-order valence-corrected chi connectivity index (χ3v) is 13.4. The van der Waals surface area contributed by atoms with Crippen molar-refractivity contribution in [3.63, 3.8) is 0 Å². The summed E-state index contributed by atoms with van der Waals surface area (Å²) in [6, 6.07) is 12.9. The predicted molar refractivity (Wildman–Crippen MR) is 191 cm³/mol. The van der Waals surface area contributed by atoms with Crippen LogP contribution < -0.4 is 13.5 Å². The van der Waals surface area contributed by atoms with Crippen molar-refractivity contribution in [2.24, 2.45) is 0 Å². The lowest BCUT2D eigenvalue weighted by Gasteiger charge is -2.25. The molecule has 23 heteroatoms. The van der Waals surface area contributed by atoms with Gasteiger partial charge < -0.3 is 9.05 Å². The maximum Gasteiger partial charge on any atom is 0.511 e. The normalized spacial score (nSPS) is 14.9. The number of fused-ring (bicyclic) bond motifs is 7. The molecule has 0 saturated heterocycles. The fourth-order valence-electron chi connectivity index (χ4n) is 6.49. The average molecular weight is 920 g/mol. The second-order valence-electron chi connectivity index (χ2n) is 13.0. The van der Waals surface area contributed by atoms with Crippen LogP contribution in [0, 0.1) is 0 Å². The Labute approximate surface area is 331 Å². The van der Waals surface area contributed by atoms with E-state index in [0.717, 1.165) is 16.6 Å². The van der Waals surface area contributed by atoms with Crippen molar-refractivity contribution in [3.8, 4) is 44.9 Å². The van der Waals surface area contributed by atoms with Gasteiger partial charge in [0.2, 0.25) is 0 Å². The lowest BCUT2D eigenvalue weighted by atomic mass is 9.85. The highest BCUT2D eigenvalue weighted by Crippen LogP contribution is 2.63. The van der Waals surface area contributed by atoms with Gasteiger partial charge in [0.15, 0.2) is 0 Å². The Balaban J connectivity index is 1.72. The van der Waals surface area contributed by atoms with Crippen molar-refractivity contribution in [3.05, 3.63) is 119 Å². The van der Waals surface area contributed by atoms with Crippen molar-refractivity contribution >= 4 is 50.0 Å². The van der Waals surface area contributed by atoms with Gasteiger partial charge in [0.25, 0.3) is 0 Å². The Hall–Kier alpha value is -5.05. The Kier molecular flexibility index (Phi) is 10.0. The quantitative estimate of drug-likeness (QED) is 0.141. The molecule has 0 spiro atoms. The van der Waals surface area contributed by atoms with Crippen LogP contribution in [0.3, 0.4) is 0 Å². The van der Waals surface area contributed by atoms with Gasteiger partial charge in [-0.25, -0.2) is 8.42 Å². The van der Waals surface area contributed by atoms with E-state index in [-0.39, 0.29) is 57.9 Å². The van der Waals surface area contributed by atoms with E-state index in [4.69, 9.17) is 20.9 Å². The molecule has 0 atom stereocenters. The average Bonchev–Trinajstić information content (AvgIpc) is 3.25. The first-order valence-corrected chi connectivity index (χ1v) is 20.4. The predicted octanol–water partition coefficient (Wildman–Crippen LogP) is 13.5. The molecule has 0 aromatic heterocycles. The van der Waals surface area contributed by atoms with E-state index in [0.29, 0.717) is 0 Å². The highest BCUT2D eigenvalue weighted by molar-refractivity contribution is 8.14. The molecule has 0 bridgehead atoms. The van der Waals surface area contributed by atoms with E-state index in [9.17, 15) is 74.3 Å². The number of sulfonamides is 1. The van der Waals surface area contributed by atoms with Gasteiger partial charge in [-0.15, -0.1) is 4.49 Å². The van der Waals surface area contributed by atoms with Crippen LogP contribution in [0.15, 0.2) is 97.1 Å². The molecule has 5 nitrogen and oxygen atoms in total. The molecule has 0 fully saturated rings. The first kappa shape index (κ1) is 43.1. The minimum absolute atomic E-state index is 0.0224. The van der Waals surface area contributed by atoms with Gasteiger partial charge in [-0.3, -0.25) is 0 Å². The lowest BCUT2D eigenvalue weighted by Crippen LogP contribution is -2.36. The molecule has 0 unspecified atom stereocenters. The fourth-order valence-corrected chi connectivity index (χ4v) is 10.6. The summed E-state index contributed by atoms with van der Waals surface area (Å²) in [5.41, 5.74) is -18.0. The van der Waals surface area contributed by atoms with Crippen LogP contribution >= 0.6 is 6.64 Å². The van der Waals surface area contributed by atoms with Crippen molar-refractivity contribution < 1.29 is 83.3 Å². The molecule has 1 aliphatic heterocycles. The molecule has 6 aromatic carbocycles. The Morgan fingerprint density at radius 2 is 0.800 bits per heavy atom. The third-order valence-electron chi connectivity index (χ3n) is 9.01. The number of benzene rings is 6. The molecule has 0 amide bonds. The smallest absolute Gasteiger partial charge is 0.423 e. The minimum Gasteiger partial charge on any atom is -0.423 e. The van der Waals surface area contributed by atoms with Crippen LogP contribution in [-0.4, -0.2) is 13.9 Å². The van der Waals surface area contributed by atoms with Crippen LogP contribution in [0.1, 0.15) is 22.3 Å². The van der Waals surface area contributed by atoms with E-state index < -0.39 is 114 Å². The van der Waals surface area contributed by atoms with Crippen LogP contribution in [0.25, 0.3) is 54.9 Å². The Morgan fingerprint density at radius 1 is 0.483 bits per heavy atom. The van der Waals surface area contributed by atoms with Gasteiger partial charge in [0.1, 0.15) is 11.5 Å². The van der Waals surface area contributed by atoms with Gasteiger partial charge in [-0.2, -0.15) is 65.9 Å². The zero-order chi connectivity index (χ0) is 44.2. The number of hydrogen-bond donors (Lipinski definition) is 1. The van der Waals surface area contributed by atoms with E-state index in [1.54, 1.807) is 0 Å². The van der Waals surface area contributed by atoms with Crippen molar-refractivity contribution in [1.29, 1.82) is 0 Å². The van der Waals surface area contributed by atoms with Gasteiger partial charge >= 0.3 is 46.9 Å². The van der Waals surface area contributed by atoms with E-state index >= 15 is 0 Å². The van der Waals surface area contributed by atoms with Gasteiger partial charge in [-0.1, -0.05) is 48.5 Å². The Bertz CT molecular complexity index is 2670. The molecular weight excluding hydrogens is 902 g/mol. The first-order chi connectivity index (χ1) is 27.5. The molecule has 0 aliphatic carbocycles. The second-order valence-corrected chi connectivity index (χ2v) is 18.0. The molecule has 316 valence electrons. The first-order valence-electron chi connectivity index (χ1n) is 16.3. The molecular formula is C37H17F15NO4PS2. The highest BCUT2D eigenvalue weighted by Gasteiger charge is 2.51. The molecule has 7 rings (SSSR count). The number of hydrogen-bond acceptors (Lipinski definition) is 5. The van der Waals surface area contributed by atoms with Crippen molar-refractivity contribution in [2.75, 3.05) is 0 Å². The van der Waals surface area contributed by atoms with Gasteiger partial charge in [-0.05, 0) is 81.2 Å². The van der Waals surface area contributed by atoms with Crippen LogP contribution in [0.4, 0.5) is 65.9 Å². The summed E-state index contributed by atoms with van der Waals surface area (Å²) in [4.78, 5) is 0. The van der Waals surface area contributed by atoms with E-state index in [1.165, 1.54) is 48.5 Å². The number of halogens is 15. The number of alkyl halides is 15. The fraction of sp³-hybridized carbons (Fsp3) is 0.135. The SMILES string of the molecule is O=S(=O)(NP1(=S)Oc2c(-c3cc(C(F)(F)F)cc(C(F)(F)F)c3)cc3ccccc3c2-c2c(c(-c3cc(C(F)(F)F)cc(C(F)(F)F)c3)cc3ccccc23)O1)C(F)(F)F. The third kappa shape index (κ3) is 7.96. The molecule has 0 saturated carbocycles. The number of rotatable bonds is 4. The van der Waals surface area contributed by atoms with Crippen molar-refractivity contribution in [2.45, 2.75) is 30.2 Å². The largest absolute Gasteiger partial charge is 0.511 e. The summed E-state index contributed by atoms with van der Waals surface area (Å²) in [6.45, 7) is -5.58. The summed E-state index contributed by atoms with van der Waals surface area (Å²) in [5, 5.41) is -0.196. The minimum atomic E-state index is -6.67. The van der Waals surface area contributed by atoms with Gasteiger partial charge in [0, 0.05) is 34.1 Å². The summed E-state index contributed by atoms with van der Waals surface area (Å²) in [6.07, 6.45) is -21.8. The number of nitrogens with one attached hydrogen (secondary N) is 1. The van der Waals surface area contributed by atoms with Crippen molar-refractivity contribution in [1.82, 2.24) is 4.49 Å². The van der Waals surface area contributed by atoms with Crippen LogP contribution in [0.2, 0.25) is 0 Å². The molecule has 60 heavy (non-hydrogen) atoms. The zero-order valence-corrected chi connectivity index (χ0v) is 31.3. The molecule has 1 N–H and O–H groups in total. The summed E-state index contributed by atoms with van der Waals surface area (Å²) in [5.74, 6) is -1.93. The molecule has 1 heterocycles. The second kappa shape index (κ2) is 14.0. The maximum absolute atomic E-state index is 14.2. The molecule has 6 aromatic rings. The zero-order valence-electron chi connectivity index (χ0n) is 28.8. The monoisotopic (exact) mass is 919 g/mol. The summed E-state index contributed by atoms with van der Waals surface area (Å²) in [7, 11) is -6.67. The molecule has 0 radical (unpaired) electrons. The highest BCUT2D eigenvalue weighted by atomic mass is 32.5.